The summed E-state index contributed by atoms with van der Waals surface area (Å²) in [6.07, 6.45) is 2.40. The molecule has 1 amide bonds. The Morgan fingerprint density at radius 2 is 1.97 bits per heavy atom. The Balaban J connectivity index is 1.59. The number of piperazine rings is 1. The summed E-state index contributed by atoms with van der Waals surface area (Å²) in [4.78, 5) is 23.5. The highest BCUT2D eigenvalue weighted by Gasteiger charge is 2.30. The smallest absolute Gasteiger partial charge is 0.227 e. The second-order valence-electron chi connectivity index (χ2n) is 8.54. The number of nitrogens with one attached hydrogen (secondary N) is 1. The van der Waals surface area contributed by atoms with Crippen molar-refractivity contribution in [1.29, 1.82) is 0 Å². The van der Waals surface area contributed by atoms with Gasteiger partial charge in [0.05, 0.1) is 23.1 Å². The molecule has 0 radical (unpaired) electrons. The van der Waals surface area contributed by atoms with Gasteiger partial charge in [-0.2, -0.15) is 0 Å². The summed E-state index contributed by atoms with van der Waals surface area (Å²) < 4.78 is 17.0. The molecule has 1 N–H and O–H groups in total. The number of nitrogens with zero attached hydrogens (tertiary/aromatic N) is 5. The van der Waals surface area contributed by atoms with Crippen molar-refractivity contribution in [1.82, 2.24) is 24.7 Å². The lowest BCUT2D eigenvalue weighted by Gasteiger charge is -2.34. The maximum absolute atomic E-state index is 14.9. The fourth-order valence-corrected chi connectivity index (χ4v) is 3.93. The van der Waals surface area contributed by atoms with E-state index in [9.17, 15) is 9.18 Å². The second-order valence-corrected chi connectivity index (χ2v) is 8.54. The fraction of sp³-hybridized carbons (Fsp3) is 0.619. The number of hydrogen-bond donors (Lipinski definition) is 1. The summed E-state index contributed by atoms with van der Waals surface area (Å²) in [5, 5.41) is 2.95. The molecule has 2 fully saturated rings. The average molecular weight is 403 g/mol. The number of carbonyl (C=O) groups excluding carboxylic acids is 1. The molecule has 1 saturated heterocycles. The van der Waals surface area contributed by atoms with Crippen LogP contribution in [0.4, 0.5) is 10.1 Å². The van der Waals surface area contributed by atoms with E-state index in [1.54, 1.807) is 0 Å². The highest BCUT2D eigenvalue weighted by molar-refractivity contribution is 5.84. The molecule has 7 nitrogen and oxygen atoms in total. The zero-order valence-electron chi connectivity index (χ0n) is 17.6. The normalized spacial score (nSPS) is 18.0. The van der Waals surface area contributed by atoms with Gasteiger partial charge in [-0.05, 0) is 40.1 Å². The summed E-state index contributed by atoms with van der Waals surface area (Å²) in [5.74, 6) is 0.466. The number of likely N-dealkylation sites (N-methyl/N-ethyl adjacent to an activating group) is 2. The number of imidazole rings is 1. The van der Waals surface area contributed by atoms with Gasteiger partial charge in [0.2, 0.25) is 5.91 Å². The fourth-order valence-electron chi connectivity index (χ4n) is 3.93. The van der Waals surface area contributed by atoms with E-state index in [4.69, 9.17) is 0 Å². The first-order chi connectivity index (χ1) is 13.9. The number of anilines is 1. The van der Waals surface area contributed by atoms with E-state index in [0.29, 0.717) is 23.8 Å². The van der Waals surface area contributed by atoms with Crippen molar-refractivity contribution < 1.29 is 9.18 Å². The second kappa shape index (κ2) is 8.28. The quantitative estimate of drug-likeness (QED) is 0.760. The minimum atomic E-state index is -0.232. The number of rotatable bonds is 7. The van der Waals surface area contributed by atoms with E-state index in [2.05, 4.69) is 31.7 Å². The van der Waals surface area contributed by atoms with Crippen molar-refractivity contribution in [3.05, 3.63) is 23.8 Å². The van der Waals surface area contributed by atoms with E-state index in [1.807, 2.05) is 25.1 Å². The van der Waals surface area contributed by atoms with Gasteiger partial charge in [-0.25, -0.2) is 9.37 Å². The Kier molecular flexibility index (Phi) is 5.74. The van der Waals surface area contributed by atoms with Gasteiger partial charge in [0, 0.05) is 51.4 Å². The first kappa shape index (κ1) is 20.1. The van der Waals surface area contributed by atoms with Crippen LogP contribution in [0.1, 0.15) is 24.7 Å². The molecule has 0 bridgehead atoms. The minimum absolute atomic E-state index is 0.0381. The lowest BCUT2D eigenvalue weighted by Crippen LogP contribution is -2.44. The maximum Gasteiger partial charge on any atom is 0.227 e. The molecule has 1 saturated carbocycles. The van der Waals surface area contributed by atoms with E-state index >= 15 is 0 Å². The van der Waals surface area contributed by atoms with Gasteiger partial charge < -0.3 is 24.6 Å². The molecule has 0 unspecified atom stereocenters. The third-order valence-electron chi connectivity index (χ3n) is 5.79. The van der Waals surface area contributed by atoms with Crippen LogP contribution in [0, 0.1) is 5.82 Å². The molecule has 29 heavy (non-hydrogen) atoms. The van der Waals surface area contributed by atoms with E-state index < -0.39 is 0 Å². The monoisotopic (exact) mass is 402 g/mol. The van der Waals surface area contributed by atoms with Crippen LogP contribution in [0.25, 0.3) is 11.0 Å². The lowest BCUT2D eigenvalue weighted by molar-refractivity contribution is -0.120. The van der Waals surface area contributed by atoms with E-state index in [1.165, 1.54) is 6.07 Å². The summed E-state index contributed by atoms with van der Waals surface area (Å²) >= 11 is 0. The number of benzene rings is 1. The highest BCUT2D eigenvalue weighted by atomic mass is 19.1. The predicted octanol–water partition coefficient (Wildman–Crippen LogP) is 1.48. The molecule has 158 valence electrons. The molecule has 1 aliphatic heterocycles. The zero-order valence-corrected chi connectivity index (χ0v) is 17.6. The Bertz CT molecular complexity index is 883. The SMILES string of the molecule is CN(C)CCNC(=O)Cc1nc2cc(F)c(N3CCN(C)CC3)cc2n1C1CC1. The summed E-state index contributed by atoms with van der Waals surface area (Å²) in [6, 6.07) is 3.85. The van der Waals surface area contributed by atoms with Gasteiger partial charge in [-0.3, -0.25) is 4.79 Å². The summed E-state index contributed by atoms with van der Waals surface area (Å²) in [6.45, 7) is 4.90. The topological polar surface area (TPSA) is 56.6 Å². The average Bonchev–Trinajstić information content (AvgIpc) is 3.44. The largest absolute Gasteiger partial charge is 0.367 e. The molecule has 1 aromatic carbocycles. The van der Waals surface area contributed by atoms with Gasteiger partial charge in [0.25, 0.3) is 0 Å². The molecule has 0 atom stereocenters. The predicted molar refractivity (Wildman–Crippen MR) is 113 cm³/mol. The first-order valence-electron chi connectivity index (χ1n) is 10.5. The highest BCUT2D eigenvalue weighted by Crippen LogP contribution is 2.40. The molecule has 2 aromatic rings. The van der Waals surface area contributed by atoms with E-state index in [0.717, 1.165) is 56.9 Å². The van der Waals surface area contributed by atoms with Crippen LogP contribution >= 0.6 is 0 Å². The number of halogens is 1. The standard InChI is InChI=1S/C21H31FN6O/c1-25(2)7-6-23-21(29)14-20-24-17-12-16(22)18(27-10-8-26(3)9-11-27)13-19(17)28(20)15-4-5-15/h12-13,15H,4-11,14H2,1-3H3,(H,23,29). The number of hydrogen-bond acceptors (Lipinski definition) is 5. The molecule has 1 aromatic heterocycles. The summed E-state index contributed by atoms with van der Waals surface area (Å²) in [7, 11) is 6.05. The number of fused-ring (bicyclic) bond motifs is 1. The Morgan fingerprint density at radius 3 is 2.62 bits per heavy atom. The molecule has 0 spiro atoms. The first-order valence-corrected chi connectivity index (χ1v) is 10.5. The van der Waals surface area contributed by atoms with Crippen LogP contribution in [0.3, 0.4) is 0 Å². The molecule has 4 rings (SSSR count). The van der Waals surface area contributed by atoms with Crippen molar-refractivity contribution >= 4 is 22.6 Å². The number of aromatic nitrogens is 2. The zero-order chi connectivity index (χ0) is 20.5. The van der Waals surface area contributed by atoms with Crippen LogP contribution in [0.5, 0.6) is 0 Å². The van der Waals surface area contributed by atoms with Crippen LogP contribution < -0.4 is 10.2 Å². The van der Waals surface area contributed by atoms with Crippen LogP contribution in [-0.2, 0) is 11.2 Å². The van der Waals surface area contributed by atoms with Crippen LogP contribution in [0.2, 0.25) is 0 Å². The van der Waals surface area contributed by atoms with Gasteiger partial charge >= 0.3 is 0 Å². The minimum Gasteiger partial charge on any atom is -0.367 e. The van der Waals surface area contributed by atoms with Gasteiger partial charge in [0.15, 0.2) is 0 Å². The third-order valence-corrected chi connectivity index (χ3v) is 5.79. The molecule has 2 aliphatic rings. The lowest BCUT2D eigenvalue weighted by atomic mass is 10.2. The Hall–Kier alpha value is -2.19. The molecule has 2 heterocycles. The van der Waals surface area contributed by atoms with Gasteiger partial charge in [-0.1, -0.05) is 0 Å². The Morgan fingerprint density at radius 1 is 1.24 bits per heavy atom. The summed E-state index contributed by atoms with van der Waals surface area (Å²) in [5.41, 5.74) is 2.23. The van der Waals surface area contributed by atoms with Crippen molar-refractivity contribution in [2.45, 2.75) is 25.3 Å². The number of carbonyl (C=O) groups is 1. The van der Waals surface area contributed by atoms with Crippen molar-refractivity contribution in [2.24, 2.45) is 0 Å². The van der Waals surface area contributed by atoms with Crippen LogP contribution in [0.15, 0.2) is 12.1 Å². The van der Waals surface area contributed by atoms with Crippen LogP contribution in [-0.4, -0.2) is 85.7 Å². The van der Waals surface area contributed by atoms with Crippen molar-refractivity contribution in [2.75, 3.05) is 65.3 Å². The molecule has 8 heteroatoms. The molecule has 1 aliphatic carbocycles. The van der Waals surface area contributed by atoms with Gasteiger partial charge in [-0.15, -0.1) is 0 Å². The molecular weight excluding hydrogens is 371 g/mol. The van der Waals surface area contributed by atoms with Crippen molar-refractivity contribution in [3.63, 3.8) is 0 Å². The van der Waals surface area contributed by atoms with Crippen molar-refractivity contribution in [3.8, 4) is 0 Å². The maximum atomic E-state index is 14.9. The molecular formula is C21H31FN6O. The number of amides is 1. The van der Waals surface area contributed by atoms with E-state index in [-0.39, 0.29) is 18.1 Å². The third kappa shape index (κ3) is 4.53. The Labute approximate surface area is 171 Å². The van der Waals surface area contributed by atoms with Gasteiger partial charge in [0.1, 0.15) is 11.6 Å².